The quantitative estimate of drug-likeness (QED) is 0.201. The number of allylic oxidation sites excluding steroid dienone is 1. The highest BCUT2D eigenvalue weighted by molar-refractivity contribution is 9.10. The Labute approximate surface area is 190 Å². The van der Waals surface area contributed by atoms with Gasteiger partial charge in [-0.15, -0.1) is 0 Å². The number of hydrogen-bond acceptors (Lipinski definition) is 5. The number of fused-ring (bicyclic) bond motifs is 1. The Morgan fingerprint density at radius 2 is 1.76 bits per heavy atom. The molecule has 160 valence electrons. The van der Waals surface area contributed by atoms with Gasteiger partial charge in [-0.05, 0) is 32.0 Å². The first-order valence-electron chi connectivity index (χ1n) is 9.36. The molecule has 2 N–H and O–H groups in total. The second-order valence-electron chi connectivity index (χ2n) is 6.16. The van der Waals surface area contributed by atoms with Crippen molar-refractivity contribution in [3.05, 3.63) is 33.1 Å². The van der Waals surface area contributed by atoms with Crippen LogP contribution in [0.25, 0.3) is 5.57 Å². The minimum atomic E-state index is -0.262. The maximum absolute atomic E-state index is 12.1. The molecule has 1 amide bonds. The summed E-state index contributed by atoms with van der Waals surface area (Å²) in [5, 5.41) is 9.65. The Kier molecular flexibility index (Phi) is 14.5. The fraction of sp³-hybridized carbons (Fsp3) is 0.429. The molecule has 0 fully saturated rings. The molecule has 29 heavy (non-hydrogen) atoms. The topological polar surface area (TPSA) is 83.5 Å². The number of thiocarbonyl (C=S) groups is 1. The van der Waals surface area contributed by atoms with Crippen LogP contribution in [0.2, 0.25) is 0 Å². The van der Waals surface area contributed by atoms with Gasteiger partial charge in [0.05, 0.1) is 10.5 Å². The maximum Gasteiger partial charge on any atom is 0.290 e. The fourth-order valence-corrected chi connectivity index (χ4v) is 3.83. The van der Waals surface area contributed by atoms with Crippen molar-refractivity contribution in [1.29, 1.82) is 0 Å². The van der Waals surface area contributed by atoms with Crippen LogP contribution in [0.3, 0.4) is 0 Å². The third kappa shape index (κ3) is 10.2. The molecular weight excluding hydrogens is 474 g/mol. The summed E-state index contributed by atoms with van der Waals surface area (Å²) in [6.07, 6.45) is 7.01. The first-order valence-corrected chi connectivity index (χ1v) is 11.4. The monoisotopic (exact) mass is 501 g/mol. The number of rotatable bonds is 6. The second-order valence-corrected chi connectivity index (χ2v) is 9.18. The number of carbonyl (C=O) groups is 3. The fourth-order valence-electron chi connectivity index (χ4n) is 2.48. The summed E-state index contributed by atoms with van der Waals surface area (Å²) in [6, 6.07) is 5.47. The summed E-state index contributed by atoms with van der Waals surface area (Å²) < 4.78 is 1.46. The molecule has 8 heteroatoms. The standard InChI is InChI=1S/C13H10BrNO2S2.C7H16.CH2O2/c1-6(16)12(19-7(2)18)11-9-5-8(14)3-4-10(9)15-13(11)17;1-3-5-7-6-4-2;2-1-3/h3-5H,1-2H3,(H,15,17);3-7H2,1-2H3;1H,(H,2,3)/b12-11-;;. The van der Waals surface area contributed by atoms with Gasteiger partial charge < -0.3 is 10.4 Å². The first kappa shape index (κ1) is 27.5. The van der Waals surface area contributed by atoms with E-state index in [1.807, 2.05) is 12.1 Å². The molecule has 1 aliphatic rings. The SMILES string of the molecule is CC(=O)/C(SC(C)=S)=C1/C(=O)Nc2ccc(Br)cc21.CCCCCCC.O=CO. The number of thioether (sulfide) groups is 1. The maximum atomic E-state index is 12.1. The Hall–Kier alpha value is -1.51. The summed E-state index contributed by atoms with van der Waals surface area (Å²) in [4.78, 5) is 32.6. The third-order valence-electron chi connectivity index (χ3n) is 3.73. The average Bonchev–Trinajstić information content (AvgIpc) is 2.96. The molecule has 0 bridgehead atoms. The smallest absolute Gasteiger partial charge is 0.290 e. The molecule has 0 aromatic heterocycles. The Balaban J connectivity index is 0.000000658. The number of hydrogen-bond donors (Lipinski definition) is 2. The summed E-state index contributed by atoms with van der Waals surface area (Å²) in [5.41, 5.74) is 1.84. The first-order chi connectivity index (χ1) is 13.7. The van der Waals surface area contributed by atoms with Gasteiger partial charge in [0, 0.05) is 19.9 Å². The molecule has 0 atom stereocenters. The Bertz CT molecular complexity index is 759. The van der Waals surface area contributed by atoms with Gasteiger partial charge in [-0.1, -0.05) is 85.9 Å². The van der Waals surface area contributed by atoms with Gasteiger partial charge in [0.2, 0.25) is 0 Å². The summed E-state index contributed by atoms with van der Waals surface area (Å²) in [6.45, 7) is 7.42. The number of halogens is 1. The molecule has 1 aromatic carbocycles. The minimum absolute atomic E-state index is 0.160. The van der Waals surface area contributed by atoms with Crippen molar-refractivity contribution in [3.63, 3.8) is 0 Å². The van der Waals surface area contributed by atoms with E-state index in [1.165, 1.54) is 39.0 Å². The van der Waals surface area contributed by atoms with E-state index >= 15 is 0 Å². The summed E-state index contributed by atoms with van der Waals surface area (Å²) >= 11 is 9.56. The van der Waals surface area contributed by atoms with Crippen LogP contribution in [0.4, 0.5) is 5.69 Å². The van der Waals surface area contributed by atoms with Crippen molar-refractivity contribution >= 4 is 73.5 Å². The van der Waals surface area contributed by atoms with E-state index in [-0.39, 0.29) is 18.2 Å². The lowest BCUT2D eigenvalue weighted by Gasteiger charge is -2.06. The second kappa shape index (κ2) is 15.3. The highest BCUT2D eigenvalue weighted by atomic mass is 79.9. The van der Waals surface area contributed by atoms with Crippen LogP contribution in [0, 0.1) is 0 Å². The lowest BCUT2D eigenvalue weighted by molar-refractivity contribution is -0.123. The number of carboxylic acid groups (broad SMARTS) is 1. The number of benzene rings is 1. The molecule has 0 aliphatic carbocycles. The largest absolute Gasteiger partial charge is 0.483 e. The lowest BCUT2D eigenvalue weighted by atomic mass is 10.1. The van der Waals surface area contributed by atoms with E-state index < -0.39 is 0 Å². The van der Waals surface area contributed by atoms with Crippen molar-refractivity contribution < 1.29 is 19.5 Å². The Morgan fingerprint density at radius 1 is 1.21 bits per heavy atom. The normalized spacial score (nSPS) is 13.1. The van der Waals surface area contributed by atoms with Gasteiger partial charge in [-0.25, -0.2) is 0 Å². The van der Waals surface area contributed by atoms with E-state index in [4.69, 9.17) is 22.1 Å². The predicted octanol–water partition coefficient (Wildman–Crippen LogP) is 6.46. The number of nitrogens with one attached hydrogen (secondary N) is 1. The van der Waals surface area contributed by atoms with Gasteiger partial charge in [-0.2, -0.15) is 0 Å². The van der Waals surface area contributed by atoms with Crippen LogP contribution in [0.5, 0.6) is 0 Å². The molecule has 0 spiro atoms. The number of amides is 1. The number of carbonyl (C=O) groups excluding carboxylic acids is 2. The van der Waals surface area contributed by atoms with Crippen LogP contribution in [-0.4, -0.2) is 27.5 Å². The highest BCUT2D eigenvalue weighted by Gasteiger charge is 2.29. The molecule has 1 aromatic rings. The lowest BCUT2D eigenvalue weighted by Crippen LogP contribution is -2.08. The van der Waals surface area contributed by atoms with Crippen LogP contribution in [0.15, 0.2) is 27.6 Å². The number of unbranched alkanes of at least 4 members (excludes halogenated alkanes) is 4. The van der Waals surface area contributed by atoms with Gasteiger partial charge in [0.1, 0.15) is 0 Å². The highest BCUT2D eigenvalue weighted by Crippen LogP contribution is 2.39. The van der Waals surface area contributed by atoms with Crippen LogP contribution < -0.4 is 5.32 Å². The van der Waals surface area contributed by atoms with E-state index in [0.717, 1.165) is 21.8 Å². The van der Waals surface area contributed by atoms with E-state index in [1.54, 1.807) is 13.0 Å². The predicted molar refractivity (Wildman–Crippen MR) is 129 cm³/mol. The van der Waals surface area contributed by atoms with Crippen molar-refractivity contribution in [1.82, 2.24) is 0 Å². The van der Waals surface area contributed by atoms with E-state index in [2.05, 4.69) is 35.1 Å². The van der Waals surface area contributed by atoms with E-state index in [0.29, 0.717) is 20.4 Å². The molecular formula is C21H28BrNO4S2. The van der Waals surface area contributed by atoms with Crippen LogP contribution >= 0.6 is 39.9 Å². The number of Topliss-reactive ketones (excluding diaryl/α,β-unsaturated/α-hetero) is 1. The van der Waals surface area contributed by atoms with Crippen molar-refractivity contribution in [2.75, 3.05) is 5.32 Å². The molecule has 0 radical (unpaired) electrons. The number of ketones is 1. The molecule has 0 unspecified atom stereocenters. The minimum Gasteiger partial charge on any atom is -0.483 e. The Morgan fingerprint density at radius 3 is 2.21 bits per heavy atom. The molecule has 2 rings (SSSR count). The van der Waals surface area contributed by atoms with E-state index in [9.17, 15) is 9.59 Å². The molecule has 5 nitrogen and oxygen atoms in total. The van der Waals surface area contributed by atoms with Crippen LogP contribution in [-0.2, 0) is 14.4 Å². The molecule has 0 saturated heterocycles. The number of anilines is 1. The zero-order valence-corrected chi connectivity index (χ0v) is 20.4. The van der Waals surface area contributed by atoms with Crippen molar-refractivity contribution in [3.8, 4) is 0 Å². The molecule has 0 saturated carbocycles. The van der Waals surface area contributed by atoms with Gasteiger partial charge in [0.25, 0.3) is 12.4 Å². The zero-order valence-electron chi connectivity index (χ0n) is 17.2. The molecule has 1 heterocycles. The summed E-state index contributed by atoms with van der Waals surface area (Å²) in [7, 11) is 0. The van der Waals surface area contributed by atoms with Crippen LogP contribution in [0.1, 0.15) is 65.4 Å². The van der Waals surface area contributed by atoms with Gasteiger partial charge in [-0.3, -0.25) is 14.4 Å². The third-order valence-corrected chi connectivity index (χ3v) is 5.45. The molecule has 1 aliphatic heterocycles. The zero-order chi connectivity index (χ0) is 22.4. The van der Waals surface area contributed by atoms with Gasteiger partial charge >= 0.3 is 0 Å². The van der Waals surface area contributed by atoms with Crippen molar-refractivity contribution in [2.45, 2.75) is 59.8 Å². The summed E-state index contributed by atoms with van der Waals surface area (Å²) in [5.74, 6) is -0.422. The van der Waals surface area contributed by atoms with Crippen molar-refractivity contribution in [2.24, 2.45) is 0 Å². The average molecular weight is 502 g/mol. The van der Waals surface area contributed by atoms with Gasteiger partial charge in [0.15, 0.2) is 5.78 Å².